The molecule has 2 aliphatic rings. The molecule has 0 aromatic heterocycles. The van der Waals surface area contributed by atoms with E-state index in [1.807, 2.05) is 64.2 Å². The van der Waals surface area contributed by atoms with Gasteiger partial charge in [-0.3, -0.25) is 0 Å². The summed E-state index contributed by atoms with van der Waals surface area (Å²) in [4.78, 5) is 0. The molecule has 2 aliphatic carbocycles. The van der Waals surface area contributed by atoms with Gasteiger partial charge in [-0.25, -0.2) is 0 Å². The monoisotopic (exact) mass is 328 g/mol. The van der Waals surface area contributed by atoms with Gasteiger partial charge in [-0.2, -0.15) is 0 Å². The first-order chi connectivity index (χ1) is 8.63. The summed E-state index contributed by atoms with van der Waals surface area (Å²) in [6, 6.07) is 0. The summed E-state index contributed by atoms with van der Waals surface area (Å²) in [5, 5.41) is 0. The molecule has 19 heavy (non-hydrogen) atoms. The number of hydrogen-bond donors (Lipinski definition) is 0. The minimum atomic E-state index is 0. The molecule has 0 bridgehead atoms. The van der Waals surface area contributed by atoms with E-state index in [0.29, 0.717) is 15.8 Å². The van der Waals surface area contributed by atoms with Crippen LogP contribution in [-0.4, -0.2) is 39.0 Å². The van der Waals surface area contributed by atoms with E-state index in [-0.39, 0.29) is 21.7 Å². The Kier molecular flexibility index (Phi) is 21.2. The van der Waals surface area contributed by atoms with Gasteiger partial charge in [-0.15, -0.1) is 15.8 Å². The molecule has 2 saturated carbocycles. The molecule has 0 heterocycles. The summed E-state index contributed by atoms with van der Waals surface area (Å²) >= 11 is 0. The fourth-order valence-corrected chi connectivity index (χ4v) is 4.24. The zero-order chi connectivity index (χ0) is 13.6. The first-order valence-corrected chi connectivity index (χ1v) is 11.1. The van der Waals surface area contributed by atoms with Crippen LogP contribution in [0.15, 0.2) is 0 Å². The summed E-state index contributed by atoms with van der Waals surface area (Å²) in [6.07, 6.45) is 23.0. The van der Waals surface area contributed by atoms with Gasteiger partial charge in [0.1, 0.15) is 0 Å². The van der Waals surface area contributed by atoms with Crippen molar-refractivity contribution in [1.82, 2.24) is 0 Å². The predicted molar refractivity (Wildman–Crippen MR) is 90.3 cm³/mol. The standard InChI is InChI=1S/C6H16P2.2C5H5.Ti/c1-7(2)5-6-8(3)4;2*1-2-4-5-3-1;/h5-6H2,1-4H3;2*1-5H;. The molecule has 0 nitrogen and oxygen atoms in total. The minimum Gasteiger partial charge on any atom is -0.113 e. The fourth-order valence-electron chi connectivity index (χ4n) is 1.04. The molecule has 0 amide bonds. The largest absolute Gasteiger partial charge is 0.113 e. The van der Waals surface area contributed by atoms with Crippen LogP contribution in [0.2, 0.25) is 0 Å². The van der Waals surface area contributed by atoms with Crippen LogP contribution in [-0.2, 0) is 21.7 Å². The van der Waals surface area contributed by atoms with Crippen molar-refractivity contribution in [3.63, 3.8) is 0 Å². The topological polar surface area (TPSA) is 0 Å². The molecule has 2 fully saturated rings. The Balaban J connectivity index is 0. The smallest absolute Gasteiger partial charge is 0 e. The second-order valence-electron chi connectivity index (χ2n) is 4.53. The second-order valence-corrected chi connectivity index (χ2v) is 9.74. The van der Waals surface area contributed by atoms with E-state index in [2.05, 4.69) is 26.7 Å². The molecule has 0 atom stereocenters. The van der Waals surface area contributed by atoms with Crippen molar-refractivity contribution < 1.29 is 21.7 Å². The molecule has 0 unspecified atom stereocenters. The Bertz CT molecular complexity index is 120. The Hall–Kier alpha value is 1.57. The predicted octanol–water partition coefficient (Wildman–Crippen LogP) is 4.51. The third kappa shape index (κ3) is 22.0. The second kappa shape index (κ2) is 17.6. The summed E-state index contributed by atoms with van der Waals surface area (Å²) in [5.74, 6) is 0. The van der Waals surface area contributed by atoms with Gasteiger partial charge in [0.05, 0.1) is 0 Å². The zero-order valence-electron chi connectivity index (χ0n) is 12.6. The van der Waals surface area contributed by atoms with Crippen LogP contribution in [0.4, 0.5) is 0 Å². The van der Waals surface area contributed by atoms with Crippen molar-refractivity contribution in [3.05, 3.63) is 64.2 Å². The molecular weight excluding hydrogens is 302 g/mol. The third-order valence-electron chi connectivity index (χ3n) is 2.11. The van der Waals surface area contributed by atoms with Crippen LogP contribution in [0.1, 0.15) is 0 Å². The van der Waals surface area contributed by atoms with Crippen molar-refractivity contribution >= 4 is 15.8 Å². The molecule has 2 rings (SSSR count). The van der Waals surface area contributed by atoms with Crippen LogP contribution in [0.3, 0.4) is 0 Å². The zero-order valence-corrected chi connectivity index (χ0v) is 15.9. The average Bonchev–Trinajstić information content (AvgIpc) is 3.03. The minimum absolute atomic E-state index is 0. The van der Waals surface area contributed by atoms with Crippen LogP contribution in [0, 0.1) is 64.2 Å². The van der Waals surface area contributed by atoms with Gasteiger partial charge in [0.25, 0.3) is 0 Å². The van der Waals surface area contributed by atoms with Gasteiger partial charge in [0, 0.05) is 21.7 Å². The first kappa shape index (κ1) is 22.8. The van der Waals surface area contributed by atoms with Crippen molar-refractivity contribution in [2.24, 2.45) is 0 Å². The van der Waals surface area contributed by atoms with Gasteiger partial charge in [-0.1, -0.05) is 0 Å². The summed E-state index contributed by atoms with van der Waals surface area (Å²) < 4.78 is 0. The molecule has 0 saturated heterocycles. The van der Waals surface area contributed by atoms with Gasteiger partial charge in [0.15, 0.2) is 0 Å². The van der Waals surface area contributed by atoms with Crippen LogP contribution >= 0.6 is 15.8 Å². The molecule has 3 heteroatoms. The Morgan fingerprint density at radius 2 is 0.632 bits per heavy atom. The van der Waals surface area contributed by atoms with Gasteiger partial charge in [0.2, 0.25) is 0 Å². The van der Waals surface area contributed by atoms with E-state index >= 15 is 0 Å². The van der Waals surface area contributed by atoms with Crippen molar-refractivity contribution in [2.75, 3.05) is 39.0 Å². The molecule has 0 spiro atoms. The van der Waals surface area contributed by atoms with Gasteiger partial charge >= 0.3 is 0 Å². The van der Waals surface area contributed by atoms with Crippen molar-refractivity contribution in [1.29, 1.82) is 0 Å². The Morgan fingerprint density at radius 3 is 0.737 bits per heavy atom. The molecule has 0 N–H and O–H groups in total. The van der Waals surface area contributed by atoms with E-state index in [0.717, 1.165) is 0 Å². The summed E-state index contributed by atoms with van der Waals surface area (Å²) in [5.41, 5.74) is 0. The summed E-state index contributed by atoms with van der Waals surface area (Å²) in [7, 11) is 0.766. The van der Waals surface area contributed by atoms with E-state index in [4.69, 9.17) is 0 Å². The quantitative estimate of drug-likeness (QED) is 0.528. The van der Waals surface area contributed by atoms with Crippen LogP contribution in [0.5, 0.6) is 0 Å². The number of rotatable bonds is 3. The molecule has 10 radical (unpaired) electrons. The SMILES string of the molecule is CP(C)CCP(C)C.[CH]1[CH][CH][CH][CH]1.[CH]1[CH][CH][CH][CH]1.[Ti]. The Morgan fingerprint density at radius 1 is 0.474 bits per heavy atom. The van der Waals surface area contributed by atoms with E-state index in [1.54, 1.807) is 0 Å². The number of hydrogen-bond acceptors (Lipinski definition) is 0. The van der Waals surface area contributed by atoms with E-state index in [1.165, 1.54) is 12.3 Å². The average molecular weight is 328 g/mol. The maximum absolute atomic E-state index is 2.36. The maximum Gasteiger partial charge on any atom is 0 e. The Labute approximate surface area is 140 Å². The van der Waals surface area contributed by atoms with Crippen LogP contribution < -0.4 is 0 Å². The molecular formula is C16H26P2Ti. The van der Waals surface area contributed by atoms with E-state index < -0.39 is 0 Å². The van der Waals surface area contributed by atoms with Crippen LogP contribution in [0.25, 0.3) is 0 Å². The van der Waals surface area contributed by atoms with Gasteiger partial charge in [-0.05, 0) is 103 Å². The maximum atomic E-state index is 2.36. The normalized spacial score (nSPS) is 17.4. The summed E-state index contributed by atoms with van der Waals surface area (Å²) in [6.45, 7) is 9.42. The molecule has 0 aromatic rings. The third-order valence-corrected chi connectivity index (χ3v) is 4.69. The van der Waals surface area contributed by atoms with E-state index in [9.17, 15) is 0 Å². The fraction of sp³-hybridized carbons (Fsp3) is 0.375. The molecule has 0 aliphatic heterocycles. The first-order valence-electron chi connectivity index (χ1n) is 6.25. The molecule has 104 valence electrons. The van der Waals surface area contributed by atoms with Crippen molar-refractivity contribution in [3.8, 4) is 0 Å². The molecule has 0 aromatic carbocycles. The van der Waals surface area contributed by atoms with Gasteiger partial charge < -0.3 is 0 Å². The van der Waals surface area contributed by atoms with Crippen molar-refractivity contribution in [2.45, 2.75) is 0 Å².